The van der Waals surface area contributed by atoms with Crippen LogP contribution in [0.5, 0.6) is 0 Å². The number of anilines is 1. The van der Waals surface area contributed by atoms with Crippen molar-refractivity contribution in [3.63, 3.8) is 0 Å². The second-order valence-corrected chi connectivity index (χ2v) is 11.0. The van der Waals surface area contributed by atoms with Gasteiger partial charge in [0.1, 0.15) is 5.60 Å². The lowest BCUT2D eigenvalue weighted by atomic mass is 10.2. The molecule has 2 aromatic rings. The van der Waals surface area contributed by atoms with Gasteiger partial charge in [-0.25, -0.2) is 4.79 Å². The Bertz CT molecular complexity index is 1150. The quantitative estimate of drug-likeness (QED) is 0.609. The average Bonchev–Trinajstić information content (AvgIpc) is 3.24. The molecule has 178 valence electrons. The predicted octanol–water partition coefficient (Wildman–Crippen LogP) is 4.93. The number of carbonyl (C=O) groups excluding carboxylic acids is 3. The number of piperazine rings is 1. The van der Waals surface area contributed by atoms with Gasteiger partial charge in [0.2, 0.25) is 5.91 Å². The number of rotatable bonds is 3. The van der Waals surface area contributed by atoms with Crippen LogP contribution in [0, 0.1) is 0 Å². The van der Waals surface area contributed by atoms with Crippen molar-refractivity contribution in [2.24, 2.45) is 0 Å². The van der Waals surface area contributed by atoms with Crippen LogP contribution in [0.3, 0.4) is 0 Å². The van der Waals surface area contributed by atoms with E-state index in [1.165, 1.54) is 23.1 Å². The highest BCUT2D eigenvalue weighted by Crippen LogP contribution is 2.39. The van der Waals surface area contributed by atoms with E-state index in [0.29, 0.717) is 31.1 Å². The number of amides is 3. The summed E-state index contributed by atoms with van der Waals surface area (Å²) in [5, 5.41) is 4.87. The Morgan fingerprint density at radius 1 is 1.09 bits per heavy atom. The second-order valence-electron chi connectivity index (χ2n) is 8.97. The molecule has 0 saturated carbocycles. The molecule has 1 saturated heterocycles. The van der Waals surface area contributed by atoms with E-state index in [9.17, 15) is 14.4 Å². The first kappa shape index (κ1) is 24.1. The molecule has 0 aliphatic carbocycles. The molecule has 1 aromatic carbocycles. The number of ether oxygens (including phenoxy) is 1. The van der Waals surface area contributed by atoms with Crippen molar-refractivity contribution >= 4 is 58.8 Å². The number of benzene rings is 1. The third-order valence-electron chi connectivity index (χ3n) is 5.15. The monoisotopic (exact) mass is 497 g/mol. The Morgan fingerprint density at radius 3 is 2.53 bits per heavy atom. The summed E-state index contributed by atoms with van der Waals surface area (Å²) in [6.07, 6.45) is 4.86. The number of para-hydroxylation sites is 1. The lowest BCUT2D eigenvalue weighted by molar-refractivity contribution is -0.127. The first-order valence-corrected chi connectivity index (χ1v) is 12.7. The van der Waals surface area contributed by atoms with Gasteiger partial charge in [0, 0.05) is 42.0 Å². The maximum atomic E-state index is 12.6. The number of nitrogens with one attached hydrogen (secondary N) is 1. The maximum absolute atomic E-state index is 12.6. The fourth-order valence-corrected chi connectivity index (χ4v) is 5.30. The number of carbonyl (C=O) groups is 3. The average molecular weight is 498 g/mol. The standard InChI is InChI=1S/C25H27N3O4S2/c1-25(2,3)32-24(31)28-12-10-27(11-13-28)22(29)9-8-17-14-18(33-16-17)15-21-23(30)26-19-6-4-5-7-20(19)34-21/h4-9,14-16H,10-13H2,1-3H3,(H,26,30)/b9-8+,21-15+. The van der Waals surface area contributed by atoms with Crippen molar-refractivity contribution in [1.82, 2.24) is 9.80 Å². The van der Waals surface area contributed by atoms with Crippen molar-refractivity contribution < 1.29 is 19.1 Å². The molecule has 0 atom stereocenters. The highest BCUT2D eigenvalue weighted by molar-refractivity contribution is 8.04. The minimum absolute atomic E-state index is 0.0891. The van der Waals surface area contributed by atoms with Crippen LogP contribution in [0.25, 0.3) is 12.2 Å². The minimum atomic E-state index is -0.536. The molecular weight excluding hydrogens is 470 g/mol. The Morgan fingerprint density at radius 2 is 1.79 bits per heavy atom. The molecule has 34 heavy (non-hydrogen) atoms. The molecule has 4 rings (SSSR count). The van der Waals surface area contributed by atoms with Crippen LogP contribution >= 0.6 is 23.1 Å². The molecule has 0 bridgehead atoms. The number of hydrogen-bond acceptors (Lipinski definition) is 6. The summed E-state index contributed by atoms with van der Waals surface area (Å²) in [6.45, 7) is 7.35. The normalized spacial score (nSPS) is 17.6. The molecule has 2 aliphatic rings. The smallest absolute Gasteiger partial charge is 0.410 e. The molecule has 1 N–H and O–H groups in total. The number of fused-ring (bicyclic) bond motifs is 1. The van der Waals surface area contributed by atoms with Gasteiger partial charge < -0.3 is 19.9 Å². The zero-order chi connectivity index (χ0) is 24.3. The van der Waals surface area contributed by atoms with E-state index < -0.39 is 5.60 Å². The van der Waals surface area contributed by atoms with Crippen molar-refractivity contribution in [1.29, 1.82) is 0 Å². The van der Waals surface area contributed by atoms with Crippen molar-refractivity contribution in [2.45, 2.75) is 31.3 Å². The third kappa shape index (κ3) is 6.09. The predicted molar refractivity (Wildman–Crippen MR) is 137 cm³/mol. The van der Waals surface area contributed by atoms with Gasteiger partial charge in [-0.3, -0.25) is 9.59 Å². The zero-order valence-corrected chi connectivity index (χ0v) is 21.0. The van der Waals surface area contributed by atoms with Gasteiger partial charge in [-0.15, -0.1) is 11.3 Å². The Kier molecular flexibility index (Phi) is 7.13. The molecule has 1 fully saturated rings. The van der Waals surface area contributed by atoms with E-state index in [2.05, 4.69) is 5.32 Å². The van der Waals surface area contributed by atoms with Gasteiger partial charge in [0.05, 0.1) is 10.6 Å². The van der Waals surface area contributed by atoms with Crippen LogP contribution in [0.15, 0.2) is 51.6 Å². The molecule has 3 amide bonds. The van der Waals surface area contributed by atoms with Crippen LogP contribution in [-0.2, 0) is 14.3 Å². The number of thioether (sulfide) groups is 1. The summed E-state index contributed by atoms with van der Waals surface area (Å²) in [6, 6.07) is 9.67. The van der Waals surface area contributed by atoms with Crippen LogP contribution in [-0.4, -0.2) is 59.5 Å². The molecule has 2 aliphatic heterocycles. The van der Waals surface area contributed by atoms with E-state index >= 15 is 0 Å². The Labute approximate surface area is 207 Å². The maximum Gasteiger partial charge on any atom is 0.410 e. The Balaban J connectivity index is 1.32. The molecule has 1 aromatic heterocycles. The second kappa shape index (κ2) is 10.1. The molecule has 0 radical (unpaired) electrons. The molecule has 0 spiro atoms. The van der Waals surface area contributed by atoms with Gasteiger partial charge in [0.15, 0.2) is 0 Å². The number of nitrogens with zero attached hydrogens (tertiary/aromatic N) is 2. The van der Waals surface area contributed by atoms with Crippen molar-refractivity contribution in [3.05, 3.63) is 57.1 Å². The SMILES string of the molecule is CC(C)(C)OC(=O)N1CCN(C(=O)/C=C/c2csc(/C=C3/Sc4ccccc4NC3=O)c2)CC1. The minimum Gasteiger partial charge on any atom is -0.444 e. The van der Waals surface area contributed by atoms with Crippen LogP contribution in [0.2, 0.25) is 0 Å². The van der Waals surface area contributed by atoms with Gasteiger partial charge in [-0.1, -0.05) is 23.9 Å². The number of hydrogen-bond donors (Lipinski definition) is 1. The van der Waals surface area contributed by atoms with E-state index in [1.807, 2.05) is 62.6 Å². The van der Waals surface area contributed by atoms with Crippen LogP contribution < -0.4 is 5.32 Å². The van der Waals surface area contributed by atoms with Crippen molar-refractivity contribution in [2.75, 3.05) is 31.5 Å². The summed E-state index contributed by atoms with van der Waals surface area (Å²) < 4.78 is 5.40. The van der Waals surface area contributed by atoms with E-state index in [0.717, 1.165) is 21.0 Å². The van der Waals surface area contributed by atoms with Gasteiger partial charge in [-0.05, 0) is 62.1 Å². The topological polar surface area (TPSA) is 79.0 Å². The summed E-state index contributed by atoms with van der Waals surface area (Å²) in [5.41, 5.74) is 1.19. The molecular formula is C25H27N3O4S2. The highest BCUT2D eigenvalue weighted by atomic mass is 32.2. The molecule has 7 nitrogen and oxygen atoms in total. The lowest BCUT2D eigenvalue weighted by Crippen LogP contribution is -2.51. The van der Waals surface area contributed by atoms with Crippen LogP contribution in [0.4, 0.5) is 10.5 Å². The van der Waals surface area contributed by atoms with E-state index in [4.69, 9.17) is 4.74 Å². The van der Waals surface area contributed by atoms with Gasteiger partial charge >= 0.3 is 6.09 Å². The largest absolute Gasteiger partial charge is 0.444 e. The summed E-state index contributed by atoms with van der Waals surface area (Å²) in [7, 11) is 0. The molecule has 0 unspecified atom stereocenters. The van der Waals surface area contributed by atoms with Gasteiger partial charge in [-0.2, -0.15) is 0 Å². The first-order chi connectivity index (χ1) is 16.2. The fourth-order valence-electron chi connectivity index (χ4n) is 3.47. The fraction of sp³-hybridized carbons (Fsp3) is 0.320. The summed E-state index contributed by atoms with van der Waals surface area (Å²) in [5.74, 6) is -0.205. The highest BCUT2D eigenvalue weighted by Gasteiger charge is 2.27. The van der Waals surface area contributed by atoms with Crippen LogP contribution in [0.1, 0.15) is 31.2 Å². The Hall–Kier alpha value is -3.04. The van der Waals surface area contributed by atoms with E-state index in [-0.39, 0.29) is 17.9 Å². The third-order valence-corrected chi connectivity index (χ3v) is 7.15. The molecule has 3 heterocycles. The van der Waals surface area contributed by atoms with Crippen molar-refractivity contribution in [3.8, 4) is 0 Å². The molecule has 9 heteroatoms. The zero-order valence-electron chi connectivity index (χ0n) is 19.4. The van der Waals surface area contributed by atoms with Gasteiger partial charge in [0.25, 0.3) is 5.91 Å². The number of thiophene rings is 1. The first-order valence-electron chi connectivity index (χ1n) is 11.0. The van der Waals surface area contributed by atoms with E-state index in [1.54, 1.807) is 22.0 Å². The summed E-state index contributed by atoms with van der Waals surface area (Å²) >= 11 is 2.97. The lowest BCUT2D eigenvalue weighted by Gasteiger charge is -2.35. The summed E-state index contributed by atoms with van der Waals surface area (Å²) in [4.78, 5) is 43.1.